The van der Waals surface area contributed by atoms with Crippen LogP contribution in [0.5, 0.6) is 0 Å². The van der Waals surface area contributed by atoms with Crippen molar-refractivity contribution < 1.29 is 14.9 Å². The largest absolute Gasteiger partial charge is 0.388 e. The van der Waals surface area contributed by atoms with Crippen molar-refractivity contribution in [1.29, 1.82) is 0 Å². The fourth-order valence-electron chi connectivity index (χ4n) is 8.09. The minimum Gasteiger partial charge on any atom is -0.388 e. The predicted molar refractivity (Wildman–Crippen MR) is 134 cm³/mol. The van der Waals surface area contributed by atoms with E-state index in [2.05, 4.69) is 53.3 Å². The molecular weight excluding hydrogens is 438 g/mol. The maximum atomic E-state index is 11.1. The number of aliphatic hydroxyl groups excluding tert-OH is 2. The van der Waals surface area contributed by atoms with Crippen LogP contribution in [0.4, 0.5) is 0 Å². The van der Waals surface area contributed by atoms with Crippen molar-refractivity contribution in [2.45, 2.75) is 68.5 Å². The fraction of sp³-hybridized carbons (Fsp3) is 0.517. The van der Waals surface area contributed by atoms with Crippen LogP contribution >= 0.6 is 0 Å². The molecule has 7 atom stereocenters. The second kappa shape index (κ2) is 7.10. The van der Waals surface area contributed by atoms with Crippen molar-refractivity contribution >= 4 is 16.5 Å². The van der Waals surface area contributed by atoms with Gasteiger partial charge < -0.3 is 19.8 Å². The number of hydrogen-bond donors (Lipinski definition) is 2. The van der Waals surface area contributed by atoms with E-state index in [1.54, 1.807) is 6.33 Å². The van der Waals surface area contributed by atoms with E-state index in [0.717, 1.165) is 42.2 Å². The number of hydrogen-bond acceptors (Lipinski definition) is 6. The molecule has 7 rings (SSSR count). The van der Waals surface area contributed by atoms with E-state index in [9.17, 15) is 10.2 Å². The van der Waals surface area contributed by atoms with E-state index in [0.29, 0.717) is 12.3 Å². The lowest BCUT2D eigenvalue weighted by Gasteiger charge is -2.55. The summed E-state index contributed by atoms with van der Waals surface area (Å²) in [4.78, 5) is 10.7. The van der Waals surface area contributed by atoms with Gasteiger partial charge in [0, 0.05) is 29.0 Å². The molecule has 5 aliphatic rings. The zero-order valence-electron chi connectivity index (χ0n) is 20.6. The molecule has 1 aromatic heterocycles. The van der Waals surface area contributed by atoms with Crippen LogP contribution in [-0.4, -0.2) is 68.6 Å². The van der Waals surface area contributed by atoms with Crippen LogP contribution in [0.1, 0.15) is 44.6 Å². The molecule has 1 saturated carbocycles. The Morgan fingerprint density at radius 1 is 1.14 bits per heavy atom. The summed E-state index contributed by atoms with van der Waals surface area (Å²) in [6.45, 7) is 2.40. The minimum absolute atomic E-state index is 0.0329. The predicted octanol–water partition coefficient (Wildman–Crippen LogP) is 3.65. The Balaban J connectivity index is 1.30. The minimum atomic E-state index is -0.890. The van der Waals surface area contributed by atoms with Gasteiger partial charge in [-0.2, -0.15) is 0 Å². The monoisotopic (exact) mass is 471 g/mol. The topological polar surface area (TPSA) is 78.7 Å². The van der Waals surface area contributed by atoms with Crippen molar-refractivity contribution in [2.75, 3.05) is 14.1 Å². The number of ether oxygens (including phenoxy) is 1. The first kappa shape index (κ1) is 21.9. The summed E-state index contributed by atoms with van der Waals surface area (Å²) < 4.78 is 7.22. The first-order valence-electron chi connectivity index (χ1n) is 12.8. The molecule has 6 heteroatoms. The molecule has 2 aromatic rings. The van der Waals surface area contributed by atoms with Gasteiger partial charge in [0.2, 0.25) is 0 Å². The van der Waals surface area contributed by atoms with Crippen LogP contribution in [0.15, 0.2) is 60.1 Å². The molecule has 6 nitrogen and oxygen atoms in total. The molecule has 2 fully saturated rings. The molecule has 1 unspecified atom stereocenters. The average molecular weight is 472 g/mol. The third-order valence-electron chi connectivity index (χ3n) is 9.91. The van der Waals surface area contributed by atoms with Crippen LogP contribution in [0.3, 0.4) is 0 Å². The van der Waals surface area contributed by atoms with Gasteiger partial charge in [0.05, 0.1) is 22.8 Å². The molecule has 182 valence electrons. The molecule has 0 radical (unpaired) electrons. The number of aliphatic hydroxyl groups is 2. The van der Waals surface area contributed by atoms with Crippen LogP contribution in [-0.2, 0) is 4.74 Å². The maximum absolute atomic E-state index is 11.1. The van der Waals surface area contributed by atoms with Gasteiger partial charge in [-0.3, -0.25) is 0 Å². The van der Waals surface area contributed by atoms with Gasteiger partial charge >= 0.3 is 0 Å². The molecule has 3 aliphatic carbocycles. The summed E-state index contributed by atoms with van der Waals surface area (Å²) in [5.41, 5.74) is 4.81. The lowest BCUT2D eigenvalue weighted by atomic mass is 9.58. The van der Waals surface area contributed by atoms with E-state index in [-0.39, 0.29) is 17.1 Å². The van der Waals surface area contributed by atoms with Crippen molar-refractivity contribution in [1.82, 2.24) is 14.9 Å². The summed E-state index contributed by atoms with van der Waals surface area (Å²) in [5, 5.41) is 23.1. The Morgan fingerprint density at radius 3 is 2.83 bits per heavy atom. The van der Waals surface area contributed by atoms with E-state index >= 15 is 0 Å². The first-order chi connectivity index (χ1) is 16.8. The van der Waals surface area contributed by atoms with Gasteiger partial charge in [0.15, 0.2) is 0 Å². The average Bonchev–Trinajstić information content (AvgIpc) is 3.37. The van der Waals surface area contributed by atoms with Crippen molar-refractivity contribution in [3.63, 3.8) is 0 Å². The van der Waals surface area contributed by atoms with Gasteiger partial charge in [-0.25, -0.2) is 9.97 Å². The highest BCUT2D eigenvalue weighted by Crippen LogP contribution is 2.67. The van der Waals surface area contributed by atoms with E-state index in [4.69, 9.17) is 4.74 Å². The van der Waals surface area contributed by atoms with Crippen LogP contribution < -0.4 is 0 Å². The third-order valence-corrected chi connectivity index (χ3v) is 9.91. The maximum Gasteiger partial charge on any atom is 0.116 e. The standard InChI is InChI=1S/C29H33N3O3/c1-27-9-8-19-13-21-25(33)26(34)23(32(2)3)14-28(21)10-11-29(19,35-28)24(27)7-6-20(27)17-4-5-18-15-30-16-31-22(18)12-17/h4-6,8,12-13,15-16,23-26,33-34H,7,9-11,14H2,1-3H3/t23-,24?,25+,26+,27+,28+,29+/m0/s1. The van der Waals surface area contributed by atoms with Crippen LogP contribution in [0.2, 0.25) is 0 Å². The second-order valence-electron chi connectivity index (χ2n) is 11.7. The van der Waals surface area contributed by atoms with Crippen LogP contribution in [0.25, 0.3) is 16.5 Å². The number of benzene rings is 1. The van der Waals surface area contributed by atoms with E-state index in [1.807, 2.05) is 25.2 Å². The molecule has 3 heterocycles. The second-order valence-corrected chi connectivity index (χ2v) is 11.7. The number of aromatic nitrogens is 2. The molecule has 1 saturated heterocycles. The van der Waals surface area contributed by atoms with E-state index < -0.39 is 17.8 Å². The lowest BCUT2D eigenvalue weighted by molar-refractivity contribution is -0.161. The number of allylic oxidation sites excluding steroid dienone is 3. The van der Waals surface area contributed by atoms with Crippen molar-refractivity contribution in [3.8, 4) is 0 Å². The highest BCUT2D eigenvalue weighted by Gasteiger charge is 2.67. The molecule has 2 spiro atoms. The molecule has 2 bridgehead atoms. The normalized spacial score (nSPS) is 41.7. The highest BCUT2D eigenvalue weighted by molar-refractivity contribution is 5.84. The molecule has 1 aromatic carbocycles. The number of fused-ring (bicyclic) bond motifs is 2. The van der Waals surface area contributed by atoms with Crippen molar-refractivity contribution in [2.24, 2.45) is 11.3 Å². The number of likely N-dealkylation sites (N-methyl/N-ethyl adjacent to an activating group) is 1. The Morgan fingerprint density at radius 2 is 2.00 bits per heavy atom. The van der Waals surface area contributed by atoms with Crippen molar-refractivity contribution in [3.05, 3.63) is 65.7 Å². The Bertz CT molecular complexity index is 1330. The molecule has 0 amide bonds. The number of nitrogens with zero attached hydrogens (tertiary/aromatic N) is 3. The SMILES string of the molecule is CN(C)[C@H]1C[C@@]23CC[C@@]4(O2)C(=CC[C@]2(C)C(c5ccc6cncnc6c5)=CCC24)C=C3[C@@H](O)[C@@H]1O. The van der Waals surface area contributed by atoms with E-state index in [1.165, 1.54) is 16.7 Å². The quantitative estimate of drug-likeness (QED) is 0.696. The zero-order valence-corrected chi connectivity index (χ0v) is 20.6. The molecular formula is C29H33N3O3. The first-order valence-corrected chi connectivity index (χ1v) is 12.8. The summed E-state index contributed by atoms with van der Waals surface area (Å²) >= 11 is 0. The van der Waals surface area contributed by atoms with Gasteiger partial charge in [0.1, 0.15) is 12.4 Å². The summed E-state index contributed by atoms with van der Waals surface area (Å²) in [5.74, 6) is 0.338. The summed E-state index contributed by atoms with van der Waals surface area (Å²) in [6.07, 6.45) is 13.2. The van der Waals surface area contributed by atoms with Gasteiger partial charge in [-0.05, 0) is 74.5 Å². The lowest BCUT2D eigenvalue weighted by Crippen LogP contribution is -2.61. The number of rotatable bonds is 2. The summed E-state index contributed by atoms with van der Waals surface area (Å²) in [7, 11) is 3.95. The molecule has 2 N–H and O–H groups in total. The smallest absolute Gasteiger partial charge is 0.116 e. The zero-order chi connectivity index (χ0) is 24.2. The molecule has 35 heavy (non-hydrogen) atoms. The van der Waals surface area contributed by atoms with Gasteiger partial charge in [0.25, 0.3) is 0 Å². The van der Waals surface area contributed by atoms with Crippen LogP contribution in [0, 0.1) is 11.3 Å². The Labute approximate surface area is 206 Å². The highest BCUT2D eigenvalue weighted by atomic mass is 16.5. The molecule has 2 aliphatic heterocycles. The summed E-state index contributed by atoms with van der Waals surface area (Å²) in [6, 6.07) is 6.40. The third kappa shape index (κ3) is 2.74. The fourth-order valence-corrected chi connectivity index (χ4v) is 8.09. The Kier molecular flexibility index (Phi) is 4.44. The van der Waals surface area contributed by atoms with Gasteiger partial charge in [-0.15, -0.1) is 0 Å². The van der Waals surface area contributed by atoms with Gasteiger partial charge in [-0.1, -0.05) is 37.3 Å². The Hall–Kier alpha value is -2.38.